The molecule has 1 amide bonds. The molecule has 2 aromatic carbocycles. The molecule has 1 unspecified atom stereocenters. The monoisotopic (exact) mass is 360 g/mol. The van der Waals surface area contributed by atoms with E-state index in [4.69, 9.17) is 11.6 Å². The molecule has 1 fully saturated rings. The van der Waals surface area contributed by atoms with Crippen molar-refractivity contribution >= 4 is 23.2 Å². The second-order valence-electron chi connectivity index (χ2n) is 6.62. The Morgan fingerprint density at radius 3 is 2.88 bits per heavy atom. The number of likely N-dealkylation sites (tertiary alicyclic amines) is 1. The van der Waals surface area contributed by atoms with Crippen molar-refractivity contribution in [2.24, 2.45) is 5.92 Å². The summed E-state index contributed by atoms with van der Waals surface area (Å²) in [4.78, 5) is 14.9. The zero-order valence-corrected chi connectivity index (χ0v) is 15.0. The van der Waals surface area contributed by atoms with Crippen molar-refractivity contribution in [2.45, 2.75) is 26.3 Å². The van der Waals surface area contributed by atoms with Crippen LogP contribution in [0.15, 0.2) is 42.5 Å². The number of anilines is 1. The number of halogens is 2. The molecule has 0 spiro atoms. The summed E-state index contributed by atoms with van der Waals surface area (Å²) in [5.74, 6) is -0.583. The van der Waals surface area contributed by atoms with Gasteiger partial charge in [-0.25, -0.2) is 4.39 Å². The topological polar surface area (TPSA) is 32.3 Å². The highest BCUT2D eigenvalue weighted by Gasteiger charge is 2.26. The van der Waals surface area contributed by atoms with Crippen molar-refractivity contribution in [1.82, 2.24) is 4.90 Å². The van der Waals surface area contributed by atoms with Crippen molar-refractivity contribution in [1.29, 1.82) is 0 Å². The zero-order valence-electron chi connectivity index (χ0n) is 14.3. The summed E-state index contributed by atoms with van der Waals surface area (Å²) in [6, 6.07) is 12.6. The SMILES string of the molecule is Cc1ccccc1CN1CCCC(C(=O)Nc2ccc(F)c(Cl)c2)C1. The number of piperidine rings is 1. The van der Waals surface area contributed by atoms with Crippen LogP contribution >= 0.6 is 11.6 Å². The van der Waals surface area contributed by atoms with Crippen LogP contribution in [-0.2, 0) is 11.3 Å². The molecule has 1 N–H and O–H groups in total. The van der Waals surface area contributed by atoms with Gasteiger partial charge in [0.15, 0.2) is 0 Å². The third kappa shape index (κ3) is 4.59. The van der Waals surface area contributed by atoms with Crippen molar-refractivity contribution in [3.8, 4) is 0 Å². The van der Waals surface area contributed by atoms with Gasteiger partial charge in [-0.2, -0.15) is 0 Å². The van der Waals surface area contributed by atoms with Gasteiger partial charge in [0, 0.05) is 18.8 Å². The number of nitrogens with one attached hydrogen (secondary N) is 1. The third-order valence-electron chi connectivity index (χ3n) is 4.72. The molecule has 1 saturated heterocycles. The van der Waals surface area contributed by atoms with E-state index in [-0.39, 0.29) is 16.8 Å². The summed E-state index contributed by atoms with van der Waals surface area (Å²) in [6.45, 7) is 4.70. The molecular weight excluding hydrogens is 339 g/mol. The van der Waals surface area contributed by atoms with E-state index in [0.29, 0.717) is 5.69 Å². The summed E-state index contributed by atoms with van der Waals surface area (Å²) in [7, 11) is 0. The van der Waals surface area contributed by atoms with Gasteiger partial charge in [0.1, 0.15) is 5.82 Å². The zero-order chi connectivity index (χ0) is 17.8. The second-order valence-corrected chi connectivity index (χ2v) is 7.03. The minimum atomic E-state index is -0.485. The number of carbonyl (C=O) groups excluding carboxylic acids is 1. The van der Waals surface area contributed by atoms with Gasteiger partial charge in [0.2, 0.25) is 5.91 Å². The maximum absolute atomic E-state index is 13.2. The van der Waals surface area contributed by atoms with Crippen molar-refractivity contribution < 1.29 is 9.18 Å². The van der Waals surface area contributed by atoms with Gasteiger partial charge in [0.05, 0.1) is 10.9 Å². The first-order valence-corrected chi connectivity index (χ1v) is 8.93. The Morgan fingerprint density at radius 2 is 2.12 bits per heavy atom. The van der Waals surface area contributed by atoms with Gasteiger partial charge in [-0.1, -0.05) is 35.9 Å². The highest BCUT2D eigenvalue weighted by atomic mass is 35.5. The van der Waals surface area contributed by atoms with Crippen LogP contribution in [0.25, 0.3) is 0 Å². The first-order chi connectivity index (χ1) is 12.0. The molecule has 132 valence electrons. The predicted molar refractivity (Wildman–Crippen MR) is 99.2 cm³/mol. The minimum Gasteiger partial charge on any atom is -0.326 e. The van der Waals surface area contributed by atoms with Crippen LogP contribution < -0.4 is 5.32 Å². The molecule has 1 aliphatic heterocycles. The minimum absolute atomic E-state index is 0.0163. The predicted octanol–water partition coefficient (Wildman–Crippen LogP) is 4.64. The second kappa shape index (κ2) is 7.98. The molecular formula is C20H22ClFN2O. The van der Waals surface area contributed by atoms with E-state index in [1.807, 2.05) is 6.07 Å². The summed E-state index contributed by atoms with van der Waals surface area (Å²) < 4.78 is 13.2. The number of carbonyl (C=O) groups is 1. The van der Waals surface area contributed by atoms with Gasteiger partial charge in [-0.3, -0.25) is 9.69 Å². The smallest absolute Gasteiger partial charge is 0.228 e. The van der Waals surface area contributed by atoms with E-state index in [1.54, 1.807) is 0 Å². The number of hydrogen-bond acceptors (Lipinski definition) is 2. The molecule has 0 radical (unpaired) electrons. The van der Waals surface area contributed by atoms with Crippen molar-refractivity contribution in [2.75, 3.05) is 18.4 Å². The average molecular weight is 361 g/mol. The standard InChI is InChI=1S/C20H22ClFN2O/c1-14-5-2-3-6-15(14)12-24-10-4-7-16(13-24)20(25)23-17-8-9-19(22)18(21)11-17/h2-3,5-6,8-9,11,16H,4,7,10,12-13H2,1H3,(H,23,25). The number of amides is 1. The molecule has 5 heteroatoms. The van der Waals surface area contributed by atoms with Crippen LogP contribution in [0, 0.1) is 18.7 Å². The maximum atomic E-state index is 13.2. The molecule has 3 nitrogen and oxygen atoms in total. The highest BCUT2D eigenvalue weighted by molar-refractivity contribution is 6.31. The summed E-state index contributed by atoms with van der Waals surface area (Å²) in [5, 5.41) is 2.88. The van der Waals surface area contributed by atoms with Crippen LogP contribution in [-0.4, -0.2) is 23.9 Å². The Labute approximate surface area is 152 Å². The number of benzene rings is 2. The Balaban J connectivity index is 1.61. The van der Waals surface area contributed by atoms with Crippen molar-refractivity contribution in [3.63, 3.8) is 0 Å². The lowest BCUT2D eigenvalue weighted by atomic mass is 9.96. The third-order valence-corrected chi connectivity index (χ3v) is 5.01. The lowest BCUT2D eigenvalue weighted by Gasteiger charge is -2.32. The molecule has 0 saturated carbocycles. The molecule has 2 aromatic rings. The molecule has 1 atom stereocenters. The van der Waals surface area contributed by atoms with Crippen LogP contribution in [0.1, 0.15) is 24.0 Å². The summed E-state index contributed by atoms with van der Waals surface area (Å²) >= 11 is 5.78. The van der Waals surface area contributed by atoms with Gasteiger partial charge >= 0.3 is 0 Å². The Morgan fingerprint density at radius 1 is 1.32 bits per heavy atom. The number of rotatable bonds is 4. The number of aryl methyl sites for hydroxylation is 1. The van der Waals surface area contributed by atoms with Crippen LogP contribution in [0.3, 0.4) is 0 Å². The van der Waals surface area contributed by atoms with E-state index in [1.165, 1.54) is 29.3 Å². The quantitative estimate of drug-likeness (QED) is 0.861. The molecule has 1 aliphatic rings. The fourth-order valence-corrected chi connectivity index (χ4v) is 3.44. The molecule has 0 aromatic heterocycles. The largest absolute Gasteiger partial charge is 0.326 e. The maximum Gasteiger partial charge on any atom is 0.228 e. The fourth-order valence-electron chi connectivity index (χ4n) is 3.26. The van der Waals surface area contributed by atoms with E-state index in [2.05, 4.69) is 35.3 Å². The number of hydrogen-bond donors (Lipinski definition) is 1. The van der Waals surface area contributed by atoms with Crippen LogP contribution in [0.5, 0.6) is 0 Å². The normalized spacial score (nSPS) is 18.1. The van der Waals surface area contributed by atoms with Crippen molar-refractivity contribution in [3.05, 3.63) is 64.4 Å². The molecule has 0 bridgehead atoms. The molecule has 0 aliphatic carbocycles. The first-order valence-electron chi connectivity index (χ1n) is 8.55. The van der Waals surface area contributed by atoms with Gasteiger partial charge in [-0.05, 0) is 55.6 Å². The van der Waals surface area contributed by atoms with E-state index < -0.39 is 5.82 Å². The van der Waals surface area contributed by atoms with E-state index in [9.17, 15) is 9.18 Å². The fraction of sp³-hybridized carbons (Fsp3) is 0.350. The van der Waals surface area contributed by atoms with E-state index >= 15 is 0 Å². The van der Waals surface area contributed by atoms with Gasteiger partial charge in [0.25, 0.3) is 0 Å². The molecule has 1 heterocycles. The van der Waals surface area contributed by atoms with Gasteiger partial charge < -0.3 is 5.32 Å². The Kier molecular flexibility index (Phi) is 5.71. The molecule has 3 rings (SSSR count). The van der Waals surface area contributed by atoms with Crippen LogP contribution in [0.2, 0.25) is 5.02 Å². The lowest BCUT2D eigenvalue weighted by molar-refractivity contribution is -0.121. The summed E-state index contributed by atoms with van der Waals surface area (Å²) in [5.41, 5.74) is 3.11. The first kappa shape index (κ1) is 17.9. The lowest BCUT2D eigenvalue weighted by Crippen LogP contribution is -2.40. The number of nitrogens with zero attached hydrogens (tertiary/aromatic N) is 1. The van der Waals surface area contributed by atoms with Crippen LogP contribution in [0.4, 0.5) is 10.1 Å². The van der Waals surface area contributed by atoms with Gasteiger partial charge in [-0.15, -0.1) is 0 Å². The Hall–Kier alpha value is -1.91. The summed E-state index contributed by atoms with van der Waals surface area (Å²) in [6.07, 6.45) is 1.86. The average Bonchev–Trinajstić information content (AvgIpc) is 2.60. The van der Waals surface area contributed by atoms with E-state index in [0.717, 1.165) is 32.5 Å². The highest BCUT2D eigenvalue weighted by Crippen LogP contribution is 2.23. The Bertz CT molecular complexity index is 765. The molecule has 25 heavy (non-hydrogen) atoms.